The Morgan fingerprint density at radius 2 is 1.80 bits per heavy atom. The molecule has 0 aliphatic rings. The van der Waals surface area contributed by atoms with Crippen LogP contribution in [0.1, 0.15) is 23.7 Å². The van der Waals surface area contributed by atoms with Gasteiger partial charge in [0.1, 0.15) is 10.8 Å². The number of benzene rings is 2. The van der Waals surface area contributed by atoms with E-state index in [2.05, 4.69) is 4.98 Å². The van der Waals surface area contributed by atoms with E-state index in [1.807, 2.05) is 19.1 Å². The number of hydrogen-bond acceptors (Lipinski definition) is 4. The molecule has 0 fully saturated rings. The Morgan fingerprint density at radius 3 is 2.37 bits per heavy atom. The maximum absolute atomic E-state index is 14.7. The van der Waals surface area contributed by atoms with Crippen LogP contribution in [-0.4, -0.2) is 29.8 Å². The molecule has 9 heteroatoms. The van der Waals surface area contributed by atoms with Gasteiger partial charge in [0.25, 0.3) is 0 Å². The predicted molar refractivity (Wildman–Crippen MR) is 110 cm³/mol. The number of pyridine rings is 1. The van der Waals surface area contributed by atoms with Crippen molar-refractivity contribution < 1.29 is 28.2 Å². The zero-order chi connectivity index (χ0) is 22.0. The Labute approximate surface area is 181 Å². The largest absolute Gasteiger partial charge is 0.496 e. The molecule has 1 aromatic heterocycles. The molecule has 0 atom stereocenters. The molecule has 0 aliphatic heterocycles. The molecule has 1 heterocycles. The maximum Gasteiger partial charge on any atom is 0.341 e. The van der Waals surface area contributed by atoms with Gasteiger partial charge in [0.05, 0.1) is 18.0 Å². The van der Waals surface area contributed by atoms with Crippen molar-refractivity contribution in [1.82, 2.24) is 4.98 Å². The minimum Gasteiger partial charge on any atom is -0.496 e. The van der Waals surface area contributed by atoms with E-state index in [1.54, 1.807) is 12.1 Å². The lowest BCUT2D eigenvalue weighted by molar-refractivity contribution is -0.139. The third kappa shape index (κ3) is 4.13. The predicted octanol–water partition coefficient (Wildman–Crippen LogP) is 5.45. The van der Waals surface area contributed by atoms with E-state index in [-0.39, 0.29) is 16.7 Å². The average molecular weight is 456 g/mol. The number of carboxylic acids is 1. The number of halogens is 4. The van der Waals surface area contributed by atoms with Crippen LogP contribution in [0, 0.1) is 11.6 Å². The van der Waals surface area contributed by atoms with E-state index in [1.165, 1.54) is 7.11 Å². The van der Waals surface area contributed by atoms with Gasteiger partial charge in [-0.1, -0.05) is 42.3 Å². The minimum atomic E-state index is -1.41. The highest BCUT2D eigenvalue weighted by atomic mass is 35.5. The van der Waals surface area contributed by atoms with Crippen LogP contribution in [0.4, 0.5) is 8.78 Å². The number of methoxy groups -OCH3 is 1. The number of rotatable bonds is 7. The first kappa shape index (κ1) is 22.1. The number of carbonyl (C=O) groups is 1. The summed E-state index contributed by atoms with van der Waals surface area (Å²) in [6.45, 7) is 0.979. The standard InChI is InChI=1S/C21H17Cl2F2NO4/c1-3-13-12(8-10-4-6-11(22)7-5-10)20(29-2)15-19(26-13)16(23)17(24)18(25)21(15)30-9-14(27)28/h4-7H,3,8-9H2,1-2H3,(H,27,28). The minimum absolute atomic E-state index is 0.0242. The van der Waals surface area contributed by atoms with Crippen LogP contribution in [0.3, 0.4) is 0 Å². The number of hydrogen-bond donors (Lipinski definition) is 1. The molecule has 5 nitrogen and oxygen atoms in total. The Kier molecular flexibility index (Phi) is 6.63. The summed E-state index contributed by atoms with van der Waals surface area (Å²) in [4.78, 5) is 15.4. The van der Waals surface area contributed by atoms with Crippen LogP contribution < -0.4 is 9.47 Å². The number of aliphatic carboxylic acids is 1. The average Bonchev–Trinajstić information content (AvgIpc) is 2.73. The van der Waals surface area contributed by atoms with Gasteiger partial charge in [-0.2, -0.15) is 4.39 Å². The Bertz CT molecular complexity index is 1120. The maximum atomic E-state index is 14.7. The number of aryl methyl sites for hydroxylation is 1. The second-order valence-corrected chi connectivity index (χ2v) is 7.22. The zero-order valence-corrected chi connectivity index (χ0v) is 17.6. The SMILES string of the molecule is CCc1nc2c(Cl)c(F)c(F)c(OCC(=O)O)c2c(OC)c1Cc1ccc(Cl)cc1. The molecular formula is C21H17Cl2F2NO4. The topological polar surface area (TPSA) is 68.7 Å². The first-order chi connectivity index (χ1) is 14.3. The second kappa shape index (κ2) is 9.02. The van der Waals surface area contributed by atoms with Crippen LogP contribution >= 0.6 is 23.2 Å². The number of aromatic nitrogens is 1. The summed E-state index contributed by atoms with van der Waals surface area (Å²) in [5.41, 5.74) is 2.02. The Morgan fingerprint density at radius 1 is 1.13 bits per heavy atom. The lowest BCUT2D eigenvalue weighted by atomic mass is 9.98. The molecule has 2 aromatic carbocycles. The third-order valence-corrected chi connectivity index (χ3v) is 5.12. The fraction of sp³-hybridized carbons (Fsp3) is 0.238. The van der Waals surface area contributed by atoms with E-state index >= 15 is 0 Å². The van der Waals surface area contributed by atoms with Gasteiger partial charge >= 0.3 is 5.97 Å². The Balaban J connectivity index is 2.33. The summed E-state index contributed by atoms with van der Waals surface area (Å²) < 4.78 is 39.7. The molecule has 3 rings (SSSR count). The second-order valence-electron chi connectivity index (χ2n) is 6.40. The number of ether oxygens (including phenoxy) is 2. The summed E-state index contributed by atoms with van der Waals surface area (Å²) in [6, 6.07) is 7.12. The quantitative estimate of drug-likeness (QED) is 0.480. The summed E-state index contributed by atoms with van der Waals surface area (Å²) in [6.07, 6.45) is 0.831. The van der Waals surface area contributed by atoms with Crippen LogP contribution in [0.15, 0.2) is 24.3 Å². The summed E-state index contributed by atoms with van der Waals surface area (Å²) in [7, 11) is 1.37. The van der Waals surface area contributed by atoms with Crippen LogP contribution in [0.2, 0.25) is 10.0 Å². The Hall–Kier alpha value is -2.64. The van der Waals surface area contributed by atoms with Crippen molar-refractivity contribution in [3.63, 3.8) is 0 Å². The van der Waals surface area contributed by atoms with Gasteiger partial charge in [-0.15, -0.1) is 0 Å². The van der Waals surface area contributed by atoms with Gasteiger partial charge in [-0.25, -0.2) is 9.18 Å². The van der Waals surface area contributed by atoms with Crippen molar-refractivity contribution in [2.45, 2.75) is 19.8 Å². The highest BCUT2D eigenvalue weighted by Crippen LogP contribution is 2.44. The molecule has 0 amide bonds. The van der Waals surface area contributed by atoms with Crippen molar-refractivity contribution in [3.05, 3.63) is 62.8 Å². The highest BCUT2D eigenvalue weighted by molar-refractivity contribution is 6.35. The molecule has 0 saturated carbocycles. The number of nitrogens with zero attached hydrogens (tertiary/aromatic N) is 1. The summed E-state index contributed by atoms with van der Waals surface area (Å²) >= 11 is 12.0. The summed E-state index contributed by atoms with van der Waals surface area (Å²) in [5, 5.41) is 8.94. The van der Waals surface area contributed by atoms with Gasteiger partial charge in [0, 0.05) is 22.7 Å². The molecule has 30 heavy (non-hydrogen) atoms. The normalized spacial score (nSPS) is 11.0. The van der Waals surface area contributed by atoms with E-state index < -0.39 is 35.0 Å². The smallest absolute Gasteiger partial charge is 0.341 e. The molecule has 0 aliphatic carbocycles. The first-order valence-electron chi connectivity index (χ1n) is 8.93. The lowest BCUT2D eigenvalue weighted by Gasteiger charge is -2.19. The molecule has 0 bridgehead atoms. The number of carboxylic acid groups (broad SMARTS) is 1. The molecule has 0 radical (unpaired) electrons. The molecular weight excluding hydrogens is 439 g/mol. The van der Waals surface area contributed by atoms with Gasteiger partial charge < -0.3 is 14.6 Å². The van der Waals surface area contributed by atoms with E-state index in [0.29, 0.717) is 29.1 Å². The van der Waals surface area contributed by atoms with Gasteiger partial charge in [-0.3, -0.25) is 4.98 Å². The molecule has 0 saturated heterocycles. The lowest BCUT2D eigenvalue weighted by Crippen LogP contribution is -2.13. The fourth-order valence-corrected chi connectivity index (χ4v) is 3.55. The van der Waals surface area contributed by atoms with E-state index in [0.717, 1.165) is 5.56 Å². The highest BCUT2D eigenvalue weighted by Gasteiger charge is 2.27. The third-order valence-electron chi connectivity index (χ3n) is 4.53. The molecule has 158 valence electrons. The zero-order valence-electron chi connectivity index (χ0n) is 16.1. The van der Waals surface area contributed by atoms with Crippen molar-refractivity contribution in [2.75, 3.05) is 13.7 Å². The van der Waals surface area contributed by atoms with Crippen LogP contribution in [0.25, 0.3) is 10.9 Å². The number of fused-ring (bicyclic) bond motifs is 1. The first-order valence-corrected chi connectivity index (χ1v) is 9.68. The van der Waals surface area contributed by atoms with Crippen LogP contribution in [-0.2, 0) is 17.6 Å². The van der Waals surface area contributed by atoms with E-state index in [9.17, 15) is 13.6 Å². The van der Waals surface area contributed by atoms with Gasteiger partial charge in [0.2, 0.25) is 5.82 Å². The van der Waals surface area contributed by atoms with Gasteiger partial charge in [-0.05, 0) is 24.1 Å². The van der Waals surface area contributed by atoms with E-state index in [4.69, 9.17) is 37.8 Å². The van der Waals surface area contributed by atoms with Crippen molar-refractivity contribution in [1.29, 1.82) is 0 Å². The molecule has 1 N–H and O–H groups in total. The monoisotopic (exact) mass is 455 g/mol. The van der Waals surface area contributed by atoms with Crippen molar-refractivity contribution in [2.24, 2.45) is 0 Å². The molecule has 3 aromatic rings. The fourth-order valence-electron chi connectivity index (χ4n) is 3.20. The van der Waals surface area contributed by atoms with Gasteiger partial charge in [0.15, 0.2) is 18.2 Å². The van der Waals surface area contributed by atoms with Crippen molar-refractivity contribution in [3.8, 4) is 11.5 Å². The summed E-state index contributed by atoms with van der Waals surface area (Å²) in [5.74, 6) is -4.55. The molecule has 0 spiro atoms. The molecule has 0 unspecified atom stereocenters. The van der Waals surface area contributed by atoms with Crippen molar-refractivity contribution >= 4 is 40.1 Å². The van der Waals surface area contributed by atoms with Crippen LogP contribution in [0.5, 0.6) is 11.5 Å².